The summed E-state index contributed by atoms with van der Waals surface area (Å²) < 4.78 is 6.16. The van der Waals surface area contributed by atoms with Crippen molar-refractivity contribution in [3.63, 3.8) is 0 Å². The zero-order valence-electron chi connectivity index (χ0n) is 18.7. The van der Waals surface area contributed by atoms with Gasteiger partial charge < -0.3 is 9.84 Å². The molecule has 4 nitrogen and oxygen atoms in total. The highest BCUT2D eigenvalue weighted by Crippen LogP contribution is 2.38. The van der Waals surface area contributed by atoms with Crippen LogP contribution in [0.4, 0.5) is 0 Å². The monoisotopic (exact) mass is 427 g/mol. The van der Waals surface area contributed by atoms with E-state index in [1.807, 2.05) is 6.07 Å². The number of hydrogen-bond donors (Lipinski definition) is 1. The second-order valence-electron chi connectivity index (χ2n) is 9.26. The lowest BCUT2D eigenvalue weighted by atomic mass is 9.79. The van der Waals surface area contributed by atoms with Gasteiger partial charge in [-0.25, -0.2) is 0 Å². The number of carbonyl (C=O) groups is 1. The van der Waals surface area contributed by atoms with E-state index < -0.39 is 5.97 Å². The quantitative estimate of drug-likeness (QED) is 0.546. The summed E-state index contributed by atoms with van der Waals surface area (Å²) in [4.78, 5) is 13.5. The van der Waals surface area contributed by atoms with Crippen molar-refractivity contribution < 1.29 is 14.6 Å². The van der Waals surface area contributed by atoms with Crippen molar-refractivity contribution in [2.75, 3.05) is 0 Å². The van der Waals surface area contributed by atoms with Crippen LogP contribution in [0.25, 0.3) is 11.1 Å². The number of rotatable bonds is 6. The van der Waals surface area contributed by atoms with Crippen LogP contribution in [0.15, 0.2) is 60.7 Å². The molecular formula is C28H29NO3. The van der Waals surface area contributed by atoms with Gasteiger partial charge in [0, 0.05) is 19.1 Å². The fourth-order valence-corrected chi connectivity index (χ4v) is 5.20. The summed E-state index contributed by atoms with van der Waals surface area (Å²) in [5.74, 6) is 0.0729. The number of fused-ring (bicyclic) bond motifs is 1. The van der Waals surface area contributed by atoms with E-state index in [9.17, 15) is 4.79 Å². The number of ether oxygens (including phenoxy) is 1. The molecule has 4 heteroatoms. The average molecular weight is 428 g/mol. The molecule has 0 unspecified atom stereocenters. The van der Waals surface area contributed by atoms with Crippen molar-refractivity contribution in [1.29, 1.82) is 0 Å². The van der Waals surface area contributed by atoms with Crippen LogP contribution in [0.5, 0.6) is 5.75 Å². The number of hydrogen-bond acceptors (Lipinski definition) is 3. The van der Waals surface area contributed by atoms with E-state index in [1.54, 1.807) is 0 Å². The molecule has 0 bridgehead atoms. The largest absolute Gasteiger partial charge is 0.489 e. The Labute approximate surface area is 189 Å². The fourth-order valence-electron chi connectivity index (χ4n) is 5.20. The summed E-state index contributed by atoms with van der Waals surface area (Å²) >= 11 is 0. The van der Waals surface area contributed by atoms with Gasteiger partial charge in [0.2, 0.25) is 0 Å². The minimum absolute atomic E-state index is 0.164. The highest BCUT2D eigenvalue weighted by molar-refractivity contribution is 5.71. The Morgan fingerprint density at radius 2 is 1.66 bits per heavy atom. The van der Waals surface area contributed by atoms with Gasteiger partial charge in [0.15, 0.2) is 0 Å². The first kappa shape index (κ1) is 20.8. The van der Waals surface area contributed by atoms with Crippen LogP contribution < -0.4 is 4.74 Å². The van der Waals surface area contributed by atoms with Crippen LogP contribution in [-0.4, -0.2) is 22.0 Å². The molecule has 3 aromatic carbocycles. The number of benzene rings is 3. The Morgan fingerprint density at radius 3 is 2.34 bits per heavy atom. The van der Waals surface area contributed by atoms with Crippen molar-refractivity contribution in [2.45, 2.75) is 52.4 Å². The molecule has 1 aliphatic carbocycles. The van der Waals surface area contributed by atoms with Gasteiger partial charge in [-0.2, -0.15) is 0 Å². The van der Waals surface area contributed by atoms with Gasteiger partial charge in [-0.3, -0.25) is 9.69 Å². The molecule has 5 rings (SSSR count). The highest BCUT2D eigenvalue weighted by Gasteiger charge is 2.39. The third-order valence-electron chi connectivity index (χ3n) is 6.96. The molecule has 1 aliphatic heterocycles. The molecule has 0 aromatic heterocycles. The zero-order chi connectivity index (χ0) is 22.2. The van der Waals surface area contributed by atoms with Gasteiger partial charge >= 0.3 is 5.97 Å². The van der Waals surface area contributed by atoms with E-state index in [4.69, 9.17) is 9.84 Å². The topological polar surface area (TPSA) is 49.8 Å². The molecule has 0 saturated heterocycles. The molecule has 2 aliphatic rings. The van der Waals surface area contributed by atoms with Gasteiger partial charge in [0.1, 0.15) is 12.4 Å². The normalized spacial score (nSPS) is 19.9. The molecule has 0 radical (unpaired) electrons. The first-order valence-electron chi connectivity index (χ1n) is 11.3. The third-order valence-corrected chi connectivity index (χ3v) is 6.96. The Hall–Kier alpha value is -3.11. The van der Waals surface area contributed by atoms with Crippen molar-refractivity contribution in [2.24, 2.45) is 5.92 Å². The predicted molar refractivity (Wildman–Crippen MR) is 126 cm³/mol. The van der Waals surface area contributed by atoms with E-state index in [-0.39, 0.29) is 5.92 Å². The number of carboxylic acids is 1. The van der Waals surface area contributed by atoms with Crippen LogP contribution in [0.2, 0.25) is 0 Å². The lowest BCUT2D eigenvalue weighted by Gasteiger charge is -2.39. The van der Waals surface area contributed by atoms with E-state index in [2.05, 4.69) is 73.3 Å². The summed E-state index contributed by atoms with van der Waals surface area (Å²) in [7, 11) is 0. The van der Waals surface area contributed by atoms with Crippen LogP contribution in [0.1, 0.15) is 40.7 Å². The standard InChI is InChI=1S/C28H29NO3/c1-18-10-20(11-19(2)27(18)21-6-4-3-5-7-21)17-32-26-9-8-22-15-29(16-24(22)14-26)25-12-23(13-25)28(30)31/h3-11,14,23,25H,12-13,15-17H2,1-2H3,(H,30,31)/t23-,25-. The molecule has 1 saturated carbocycles. The van der Waals surface area contributed by atoms with Crippen molar-refractivity contribution in [3.05, 3.63) is 88.5 Å². The molecule has 1 heterocycles. The summed E-state index contributed by atoms with van der Waals surface area (Å²) in [6.45, 7) is 6.66. The molecule has 32 heavy (non-hydrogen) atoms. The molecular weight excluding hydrogens is 398 g/mol. The number of carboxylic acid groups (broad SMARTS) is 1. The Bertz CT molecular complexity index is 1130. The molecule has 0 amide bonds. The molecule has 164 valence electrons. The second-order valence-corrected chi connectivity index (χ2v) is 9.26. The first-order valence-corrected chi connectivity index (χ1v) is 11.3. The van der Waals surface area contributed by atoms with Gasteiger partial charge in [0.25, 0.3) is 0 Å². The maximum Gasteiger partial charge on any atom is 0.306 e. The van der Waals surface area contributed by atoms with Gasteiger partial charge in [0.05, 0.1) is 5.92 Å². The maximum absolute atomic E-state index is 11.1. The molecule has 1 fully saturated rings. The summed E-state index contributed by atoms with van der Waals surface area (Å²) in [6, 6.07) is 21.7. The Kier molecular flexibility index (Phi) is 5.48. The van der Waals surface area contributed by atoms with Crippen molar-refractivity contribution >= 4 is 5.97 Å². The molecule has 0 atom stereocenters. The lowest BCUT2D eigenvalue weighted by molar-refractivity contribution is -0.147. The zero-order valence-corrected chi connectivity index (χ0v) is 18.7. The number of aryl methyl sites for hydroxylation is 2. The van der Waals surface area contributed by atoms with Gasteiger partial charge in [-0.05, 0) is 77.8 Å². The minimum Gasteiger partial charge on any atom is -0.489 e. The summed E-state index contributed by atoms with van der Waals surface area (Å²) in [5.41, 5.74) is 8.88. The summed E-state index contributed by atoms with van der Waals surface area (Å²) in [6.07, 6.45) is 1.54. The maximum atomic E-state index is 11.1. The predicted octanol–water partition coefficient (Wildman–Crippen LogP) is 5.73. The van der Waals surface area contributed by atoms with Gasteiger partial charge in [-0.15, -0.1) is 0 Å². The van der Waals surface area contributed by atoms with Crippen LogP contribution in [0.3, 0.4) is 0 Å². The lowest BCUT2D eigenvalue weighted by Crippen LogP contribution is -2.44. The van der Waals surface area contributed by atoms with Gasteiger partial charge in [-0.1, -0.05) is 48.5 Å². The highest BCUT2D eigenvalue weighted by atomic mass is 16.5. The SMILES string of the molecule is Cc1cc(COc2ccc3c(c2)CN([C@H]2C[C@H](C(=O)O)C2)C3)cc(C)c1-c1ccccc1. The fraction of sp³-hybridized carbons (Fsp3) is 0.321. The van der Waals surface area contributed by atoms with Crippen LogP contribution in [0, 0.1) is 19.8 Å². The molecule has 0 spiro atoms. The van der Waals surface area contributed by atoms with Crippen molar-refractivity contribution in [3.8, 4) is 16.9 Å². The molecule has 3 aromatic rings. The average Bonchev–Trinajstić information content (AvgIpc) is 3.14. The third kappa shape index (κ3) is 4.03. The smallest absolute Gasteiger partial charge is 0.306 e. The van der Waals surface area contributed by atoms with E-state index in [0.29, 0.717) is 12.6 Å². The minimum atomic E-state index is -0.657. The molecule has 1 N–H and O–H groups in total. The van der Waals surface area contributed by atoms with Crippen LogP contribution >= 0.6 is 0 Å². The van der Waals surface area contributed by atoms with Crippen LogP contribution in [-0.2, 0) is 24.5 Å². The van der Waals surface area contributed by atoms with Crippen molar-refractivity contribution in [1.82, 2.24) is 4.90 Å². The van der Waals surface area contributed by atoms with E-state index in [1.165, 1.54) is 38.9 Å². The Balaban J connectivity index is 1.23. The first-order chi connectivity index (χ1) is 15.5. The second kappa shape index (κ2) is 8.44. The number of aliphatic carboxylic acids is 1. The van der Waals surface area contributed by atoms with E-state index >= 15 is 0 Å². The number of nitrogens with zero attached hydrogens (tertiary/aromatic N) is 1. The Morgan fingerprint density at radius 1 is 0.969 bits per heavy atom. The van der Waals surface area contributed by atoms with E-state index in [0.717, 1.165) is 31.7 Å². The summed E-state index contributed by atoms with van der Waals surface area (Å²) in [5, 5.41) is 9.13.